The van der Waals surface area contributed by atoms with Gasteiger partial charge in [0, 0.05) is 34.8 Å². The molecule has 0 amide bonds. The molecule has 0 aliphatic rings. The summed E-state index contributed by atoms with van der Waals surface area (Å²) in [5.74, 6) is 0.0664. The van der Waals surface area contributed by atoms with Crippen LogP contribution in [0.2, 0.25) is 0 Å². The Morgan fingerprint density at radius 1 is 0.861 bits per heavy atom. The van der Waals surface area contributed by atoms with Crippen molar-refractivity contribution in [3.05, 3.63) is 107 Å². The topological polar surface area (TPSA) is 127 Å². The molecule has 11 heteroatoms. The minimum atomic E-state index is -3.62. The molecule has 9 nitrogen and oxygen atoms in total. The van der Waals surface area contributed by atoms with E-state index in [0.29, 0.717) is 16.6 Å². The van der Waals surface area contributed by atoms with Gasteiger partial charge in [-0.15, -0.1) is 12.4 Å². The summed E-state index contributed by atoms with van der Waals surface area (Å²) in [6, 6.07) is 24.2. The third kappa shape index (κ3) is 5.35. The molecule has 0 spiro atoms. The van der Waals surface area contributed by atoms with E-state index in [-0.39, 0.29) is 29.7 Å². The first-order valence-electron chi connectivity index (χ1n) is 10.6. The molecule has 182 valence electrons. The van der Waals surface area contributed by atoms with Gasteiger partial charge in [0.1, 0.15) is 5.82 Å². The molecule has 2 N–H and O–H groups in total. The number of hydrogen-bond acceptors (Lipinski definition) is 7. The molecule has 5 aromatic rings. The van der Waals surface area contributed by atoms with Crippen LogP contribution in [-0.2, 0) is 15.8 Å². The molecule has 0 radical (unpaired) electrons. The Morgan fingerprint density at radius 3 is 2.31 bits per heavy atom. The molecule has 0 unspecified atom stereocenters. The van der Waals surface area contributed by atoms with Crippen LogP contribution >= 0.6 is 12.4 Å². The first kappa shape index (κ1) is 24.8. The van der Waals surface area contributed by atoms with E-state index in [0.717, 1.165) is 22.1 Å². The molecule has 36 heavy (non-hydrogen) atoms. The average molecular weight is 522 g/mol. The molecule has 0 atom stereocenters. The highest BCUT2D eigenvalue weighted by atomic mass is 35.5. The van der Waals surface area contributed by atoms with E-state index in [1.54, 1.807) is 48.5 Å². The van der Waals surface area contributed by atoms with Crippen LogP contribution in [0.3, 0.4) is 0 Å². The van der Waals surface area contributed by atoms with Gasteiger partial charge in [-0.25, -0.2) is 18.4 Å². The average Bonchev–Trinajstić information content (AvgIpc) is 2.84. The molecule has 0 saturated carbocycles. The Hall–Kier alpha value is -4.28. The number of nitrogens with zero attached hydrogens (tertiary/aromatic N) is 3. The van der Waals surface area contributed by atoms with Gasteiger partial charge >= 0.3 is 0 Å². The normalized spacial score (nSPS) is 11.1. The zero-order chi connectivity index (χ0) is 24.4. The second kappa shape index (κ2) is 10.1. The molecule has 0 aliphatic heterocycles. The summed E-state index contributed by atoms with van der Waals surface area (Å²) < 4.78 is 27.4. The van der Waals surface area contributed by atoms with E-state index in [1.807, 2.05) is 24.3 Å². The SMILES string of the molecule is Cl.O=[N+]([O-])c1ccc2c(Nc3ccc(CS(=O)(=O)Nc4ccccn4)cc3)c3ccccc3nc2c1. The smallest absolute Gasteiger partial charge is 0.271 e. The van der Waals surface area contributed by atoms with E-state index < -0.39 is 14.9 Å². The summed E-state index contributed by atoms with van der Waals surface area (Å²) in [4.78, 5) is 19.4. The van der Waals surface area contributed by atoms with Crippen molar-refractivity contribution < 1.29 is 13.3 Å². The minimum absolute atomic E-state index is 0. The second-order valence-corrected chi connectivity index (χ2v) is 9.58. The lowest BCUT2D eigenvalue weighted by Gasteiger charge is -2.14. The van der Waals surface area contributed by atoms with Crippen molar-refractivity contribution in [2.75, 3.05) is 10.0 Å². The fourth-order valence-corrected chi connectivity index (χ4v) is 4.94. The number of nitro benzene ring substituents is 1. The van der Waals surface area contributed by atoms with Gasteiger partial charge in [0.25, 0.3) is 5.69 Å². The number of sulfonamides is 1. The molecule has 5 rings (SSSR count). The largest absolute Gasteiger partial charge is 0.354 e. The van der Waals surface area contributed by atoms with Gasteiger partial charge in [-0.2, -0.15) is 0 Å². The maximum Gasteiger partial charge on any atom is 0.271 e. The number of anilines is 3. The van der Waals surface area contributed by atoms with Crippen LogP contribution in [0.1, 0.15) is 5.56 Å². The highest BCUT2D eigenvalue weighted by Crippen LogP contribution is 2.34. The van der Waals surface area contributed by atoms with Gasteiger partial charge in [-0.05, 0) is 42.0 Å². The zero-order valence-electron chi connectivity index (χ0n) is 18.7. The summed E-state index contributed by atoms with van der Waals surface area (Å²) >= 11 is 0. The third-order valence-electron chi connectivity index (χ3n) is 5.38. The van der Waals surface area contributed by atoms with Crippen molar-refractivity contribution in [1.29, 1.82) is 0 Å². The predicted octanol–water partition coefficient (Wildman–Crippen LogP) is 5.80. The molecule has 0 saturated heterocycles. The first-order chi connectivity index (χ1) is 16.9. The number of benzene rings is 3. The van der Waals surface area contributed by atoms with Crippen LogP contribution in [0.4, 0.5) is 22.9 Å². The van der Waals surface area contributed by atoms with E-state index >= 15 is 0 Å². The second-order valence-electron chi connectivity index (χ2n) is 7.86. The van der Waals surface area contributed by atoms with Gasteiger partial charge in [0.2, 0.25) is 10.0 Å². The first-order valence-corrected chi connectivity index (χ1v) is 12.3. The monoisotopic (exact) mass is 521 g/mol. The van der Waals surface area contributed by atoms with Crippen molar-refractivity contribution in [3.63, 3.8) is 0 Å². The number of pyridine rings is 2. The summed E-state index contributed by atoms with van der Waals surface area (Å²) in [6.45, 7) is 0. The maximum absolute atomic E-state index is 12.5. The lowest BCUT2D eigenvalue weighted by molar-refractivity contribution is -0.384. The molecule has 2 aromatic heterocycles. The minimum Gasteiger partial charge on any atom is -0.354 e. The van der Waals surface area contributed by atoms with Crippen molar-refractivity contribution in [2.24, 2.45) is 0 Å². The number of aromatic nitrogens is 2. The van der Waals surface area contributed by atoms with Gasteiger partial charge in [0.15, 0.2) is 0 Å². The van der Waals surface area contributed by atoms with Gasteiger partial charge in [-0.1, -0.05) is 36.4 Å². The van der Waals surface area contributed by atoms with Crippen molar-refractivity contribution in [3.8, 4) is 0 Å². The number of hydrogen-bond donors (Lipinski definition) is 2. The molecule has 2 heterocycles. The van der Waals surface area contributed by atoms with E-state index in [1.165, 1.54) is 18.3 Å². The summed E-state index contributed by atoms with van der Waals surface area (Å²) in [6.07, 6.45) is 1.52. The number of fused-ring (bicyclic) bond motifs is 2. The standard InChI is InChI=1S/C25H19N5O4S.ClH/c31-30(32)19-12-13-21-23(15-19)28-22-6-2-1-5-20(22)25(21)27-18-10-8-17(9-11-18)16-35(33,34)29-24-7-3-4-14-26-24;/h1-15H,16H2,(H,26,29)(H,27,28);1H. The quantitative estimate of drug-likeness (QED) is 0.157. The van der Waals surface area contributed by atoms with Crippen LogP contribution < -0.4 is 10.0 Å². The molecule has 0 bridgehead atoms. The molecule has 0 aliphatic carbocycles. The number of rotatable bonds is 7. The van der Waals surface area contributed by atoms with E-state index in [2.05, 4.69) is 20.0 Å². The third-order valence-corrected chi connectivity index (χ3v) is 6.61. The van der Waals surface area contributed by atoms with Crippen LogP contribution in [0.15, 0.2) is 91.1 Å². The molecular formula is C25H20ClN5O4S. The zero-order valence-corrected chi connectivity index (χ0v) is 20.3. The number of halogens is 1. The lowest BCUT2D eigenvalue weighted by Crippen LogP contribution is -2.15. The van der Waals surface area contributed by atoms with Crippen LogP contribution in [-0.4, -0.2) is 23.3 Å². The molecule has 0 fully saturated rings. The number of non-ortho nitro benzene ring substituents is 1. The van der Waals surface area contributed by atoms with E-state index in [4.69, 9.17) is 0 Å². The Bertz CT molecular complexity index is 1660. The van der Waals surface area contributed by atoms with Crippen LogP contribution in [0.25, 0.3) is 21.8 Å². The summed E-state index contributed by atoms with van der Waals surface area (Å²) in [5.41, 5.74) is 3.28. The fraction of sp³-hybridized carbons (Fsp3) is 0.0400. The maximum atomic E-state index is 12.5. The molecule has 3 aromatic carbocycles. The number of nitro groups is 1. The van der Waals surface area contributed by atoms with E-state index in [9.17, 15) is 18.5 Å². The van der Waals surface area contributed by atoms with Crippen LogP contribution in [0, 0.1) is 10.1 Å². The lowest BCUT2D eigenvalue weighted by atomic mass is 10.1. The van der Waals surface area contributed by atoms with Gasteiger partial charge < -0.3 is 5.32 Å². The van der Waals surface area contributed by atoms with Crippen molar-refractivity contribution in [1.82, 2.24) is 9.97 Å². The predicted molar refractivity (Wildman–Crippen MR) is 143 cm³/mol. The summed E-state index contributed by atoms with van der Waals surface area (Å²) in [5, 5.41) is 16.2. The van der Waals surface area contributed by atoms with Crippen molar-refractivity contribution >= 4 is 67.1 Å². The number of para-hydroxylation sites is 1. The van der Waals surface area contributed by atoms with Gasteiger partial charge in [0.05, 0.1) is 27.4 Å². The fourth-order valence-electron chi connectivity index (χ4n) is 3.80. The Kier molecular flexibility index (Phi) is 7.00. The summed E-state index contributed by atoms with van der Waals surface area (Å²) in [7, 11) is -3.62. The highest BCUT2D eigenvalue weighted by molar-refractivity contribution is 7.91. The van der Waals surface area contributed by atoms with Crippen LogP contribution in [0.5, 0.6) is 0 Å². The highest BCUT2D eigenvalue weighted by Gasteiger charge is 2.15. The Labute approximate surface area is 212 Å². The Balaban J connectivity index is 0.00000304. The molecular weight excluding hydrogens is 502 g/mol. The Morgan fingerprint density at radius 2 is 1.58 bits per heavy atom. The van der Waals surface area contributed by atoms with Gasteiger partial charge in [-0.3, -0.25) is 14.8 Å². The number of nitrogens with one attached hydrogen (secondary N) is 2. The van der Waals surface area contributed by atoms with Crippen molar-refractivity contribution in [2.45, 2.75) is 5.75 Å².